The highest BCUT2D eigenvalue weighted by molar-refractivity contribution is 5.94. The molecule has 0 N–H and O–H groups in total. The largest absolute Gasteiger partial charge is 0.298 e. The molecule has 1 aromatic rings. The molecule has 0 aromatic heterocycles. The first-order valence-electron chi connectivity index (χ1n) is 11.4. The minimum absolute atomic E-state index is 0.0584. The molecular weight excluding hydrogens is 380 g/mol. The summed E-state index contributed by atoms with van der Waals surface area (Å²) in [6.45, 7) is 13.8. The Morgan fingerprint density at radius 1 is 0.935 bits per heavy atom. The number of benzene rings is 1. The molecular formula is C29H40O2. The van der Waals surface area contributed by atoms with Crippen molar-refractivity contribution >= 4 is 12.1 Å². The lowest BCUT2D eigenvalue weighted by Crippen LogP contribution is -1.93. The average molecular weight is 421 g/mol. The molecule has 0 saturated heterocycles. The lowest BCUT2D eigenvalue weighted by Gasteiger charge is -1.96. The number of allylic oxidation sites excluding steroid dienone is 10. The number of Topliss-reactive ketones (excluding diaryl/α,β-unsaturated/α-hetero) is 1. The Labute approximate surface area is 190 Å². The van der Waals surface area contributed by atoms with E-state index in [0.29, 0.717) is 12.0 Å². The van der Waals surface area contributed by atoms with E-state index in [9.17, 15) is 9.59 Å². The van der Waals surface area contributed by atoms with Crippen LogP contribution in [0.1, 0.15) is 59.9 Å². The van der Waals surface area contributed by atoms with Gasteiger partial charge in [-0.1, -0.05) is 112 Å². The fourth-order valence-corrected chi connectivity index (χ4v) is 2.83. The molecule has 2 heteroatoms. The van der Waals surface area contributed by atoms with Gasteiger partial charge in [0.2, 0.25) is 0 Å². The molecule has 1 aromatic carbocycles. The summed E-state index contributed by atoms with van der Waals surface area (Å²) in [6, 6.07) is 10.3. The van der Waals surface area contributed by atoms with Gasteiger partial charge in [-0.2, -0.15) is 0 Å². The highest BCUT2D eigenvalue weighted by Crippen LogP contribution is 2.43. The Kier molecular flexibility index (Phi) is 15.5. The molecule has 168 valence electrons. The van der Waals surface area contributed by atoms with Crippen LogP contribution in [0.5, 0.6) is 0 Å². The maximum Gasteiger partial charge on any atom is 0.156 e. The molecule has 0 radical (unpaired) electrons. The maximum atomic E-state index is 10.9. The Bertz CT molecular complexity index is 804. The quantitative estimate of drug-likeness (QED) is 0.458. The van der Waals surface area contributed by atoms with E-state index in [1.165, 1.54) is 24.5 Å². The molecule has 2 unspecified atom stereocenters. The van der Waals surface area contributed by atoms with Crippen molar-refractivity contribution in [3.63, 3.8) is 0 Å². The Morgan fingerprint density at radius 2 is 1.58 bits per heavy atom. The van der Waals surface area contributed by atoms with Crippen LogP contribution in [-0.2, 0) is 9.59 Å². The second-order valence-electron chi connectivity index (χ2n) is 7.13. The molecule has 1 saturated carbocycles. The minimum atomic E-state index is 0.0584. The van der Waals surface area contributed by atoms with Gasteiger partial charge < -0.3 is 0 Å². The summed E-state index contributed by atoms with van der Waals surface area (Å²) in [5, 5.41) is 0. The van der Waals surface area contributed by atoms with E-state index in [1.54, 1.807) is 18.2 Å². The number of carbonyl (C=O) groups is 2. The van der Waals surface area contributed by atoms with Gasteiger partial charge in [0.05, 0.1) is 0 Å². The third kappa shape index (κ3) is 12.5. The Balaban J connectivity index is 0.000000415. The zero-order valence-corrected chi connectivity index (χ0v) is 20.4. The zero-order chi connectivity index (χ0) is 23.6. The number of hydrogen-bond donors (Lipinski definition) is 0. The van der Waals surface area contributed by atoms with Crippen molar-refractivity contribution in [3.05, 3.63) is 95.1 Å². The van der Waals surface area contributed by atoms with Crippen LogP contribution in [0.2, 0.25) is 0 Å². The molecule has 4 rings (SSSR count). The number of hydrogen-bond acceptors (Lipinski definition) is 2. The van der Waals surface area contributed by atoms with Crippen LogP contribution in [0.4, 0.5) is 0 Å². The van der Waals surface area contributed by atoms with Gasteiger partial charge in [-0.3, -0.25) is 9.59 Å². The van der Waals surface area contributed by atoms with E-state index in [1.807, 2.05) is 52.0 Å². The highest BCUT2D eigenvalue weighted by atomic mass is 16.1. The van der Waals surface area contributed by atoms with E-state index in [2.05, 4.69) is 44.2 Å². The van der Waals surface area contributed by atoms with Crippen LogP contribution in [0, 0.1) is 18.8 Å². The van der Waals surface area contributed by atoms with E-state index in [0.717, 1.165) is 23.7 Å². The van der Waals surface area contributed by atoms with Crippen molar-refractivity contribution in [3.8, 4) is 0 Å². The van der Waals surface area contributed by atoms with Gasteiger partial charge in [-0.25, -0.2) is 0 Å². The number of carbonyl (C=O) groups excluding carboxylic acids is 2. The summed E-state index contributed by atoms with van der Waals surface area (Å²) in [5.41, 5.74) is 4.11. The average Bonchev–Trinajstić information content (AvgIpc) is 3.60. The second-order valence-corrected chi connectivity index (χ2v) is 7.13. The third-order valence-electron chi connectivity index (χ3n) is 4.63. The standard InChI is InChI=1S/C10H10O2.C8H10.C7H8.2C2H6/c1-8(12)10-4-2-3-9(7-11)5-6-10;1-6-2-3-7-5-8(7)4-6;1-7-5-3-2-4-6-7;2*1-2/h2-3,5-7H,4H2,1H3;2-4,7-8H,5H2,1H3;2-6H,1H3;2*1-2H3. The van der Waals surface area contributed by atoms with Crippen LogP contribution in [0.15, 0.2) is 89.6 Å². The van der Waals surface area contributed by atoms with Crippen molar-refractivity contribution in [2.24, 2.45) is 11.8 Å². The van der Waals surface area contributed by atoms with Crippen molar-refractivity contribution < 1.29 is 9.59 Å². The molecule has 0 bridgehead atoms. The fourth-order valence-electron chi connectivity index (χ4n) is 2.83. The van der Waals surface area contributed by atoms with Crippen LogP contribution in [-0.4, -0.2) is 12.1 Å². The predicted molar refractivity (Wildman–Crippen MR) is 135 cm³/mol. The number of rotatable bonds is 2. The summed E-state index contributed by atoms with van der Waals surface area (Å²) in [5.74, 6) is 1.92. The molecule has 3 aliphatic rings. The van der Waals surface area contributed by atoms with Gasteiger partial charge in [-0.05, 0) is 51.0 Å². The second kappa shape index (κ2) is 17.0. The first kappa shape index (κ1) is 28.3. The van der Waals surface area contributed by atoms with Gasteiger partial charge in [0.1, 0.15) is 6.29 Å². The van der Waals surface area contributed by atoms with Crippen LogP contribution in [0.25, 0.3) is 0 Å². The van der Waals surface area contributed by atoms with Gasteiger partial charge >= 0.3 is 0 Å². The van der Waals surface area contributed by atoms with Crippen molar-refractivity contribution in [2.45, 2.75) is 61.3 Å². The molecule has 2 nitrogen and oxygen atoms in total. The van der Waals surface area contributed by atoms with Gasteiger partial charge in [0.15, 0.2) is 5.78 Å². The van der Waals surface area contributed by atoms with Crippen LogP contribution in [0.3, 0.4) is 0 Å². The molecule has 0 aliphatic heterocycles. The minimum Gasteiger partial charge on any atom is -0.298 e. The number of aryl methyl sites for hydroxylation is 1. The first-order chi connectivity index (χ1) is 15.0. The molecule has 0 spiro atoms. The SMILES string of the molecule is CC.CC.CC(=O)C1=CC=C(C=O)C=CC1.CC1=CC2CC2C=C1.Cc1ccccc1. The summed E-state index contributed by atoms with van der Waals surface area (Å²) < 4.78 is 0. The van der Waals surface area contributed by atoms with Crippen LogP contribution < -0.4 is 0 Å². The first-order valence-corrected chi connectivity index (χ1v) is 11.4. The summed E-state index contributed by atoms with van der Waals surface area (Å²) >= 11 is 0. The topological polar surface area (TPSA) is 34.1 Å². The predicted octanol–water partition coefficient (Wildman–Crippen LogP) is 7.77. The van der Waals surface area contributed by atoms with Gasteiger partial charge in [0, 0.05) is 5.57 Å². The van der Waals surface area contributed by atoms with Crippen LogP contribution >= 0.6 is 0 Å². The zero-order valence-electron chi connectivity index (χ0n) is 20.4. The summed E-state index contributed by atoms with van der Waals surface area (Å²) in [4.78, 5) is 21.3. The van der Waals surface area contributed by atoms with E-state index >= 15 is 0 Å². The highest BCUT2D eigenvalue weighted by Gasteiger charge is 2.34. The van der Waals surface area contributed by atoms with E-state index in [4.69, 9.17) is 0 Å². The Morgan fingerprint density at radius 3 is 2.03 bits per heavy atom. The monoisotopic (exact) mass is 420 g/mol. The lowest BCUT2D eigenvalue weighted by molar-refractivity contribution is -0.113. The normalized spacial score (nSPS) is 19.1. The molecule has 0 heterocycles. The Hall–Kier alpha value is -2.74. The van der Waals surface area contributed by atoms with E-state index in [-0.39, 0.29) is 5.78 Å². The van der Waals surface area contributed by atoms with Crippen molar-refractivity contribution in [1.29, 1.82) is 0 Å². The van der Waals surface area contributed by atoms with Gasteiger partial charge in [-0.15, -0.1) is 0 Å². The molecule has 2 atom stereocenters. The van der Waals surface area contributed by atoms with Crippen molar-refractivity contribution in [2.75, 3.05) is 0 Å². The van der Waals surface area contributed by atoms with Crippen molar-refractivity contribution in [1.82, 2.24) is 0 Å². The fraction of sp³-hybridized carbons (Fsp3) is 0.379. The maximum absolute atomic E-state index is 10.9. The molecule has 31 heavy (non-hydrogen) atoms. The summed E-state index contributed by atoms with van der Waals surface area (Å²) in [7, 11) is 0. The molecule has 0 amide bonds. The number of fused-ring (bicyclic) bond motifs is 1. The smallest absolute Gasteiger partial charge is 0.156 e. The van der Waals surface area contributed by atoms with Gasteiger partial charge in [0.25, 0.3) is 0 Å². The molecule has 1 fully saturated rings. The summed E-state index contributed by atoms with van der Waals surface area (Å²) in [6.07, 6.45) is 16.6. The number of ketones is 1. The van der Waals surface area contributed by atoms with E-state index < -0.39 is 0 Å². The molecule has 3 aliphatic carbocycles. The number of aldehydes is 1. The lowest BCUT2D eigenvalue weighted by atomic mass is 10.1. The third-order valence-corrected chi connectivity index (χ3v) is 4.63.